The van der Waals surface area contributed by atoms with E-state index in [1.54, 1.807) is 18.3 Å². The van der Waals surface area contributed by atoms with Gasteiger partial charge in [-0.25, -0.2) is 0 Å². The molecule has 0 bridgehead atoms. The Balaban J connectivity index is 0.000000858. The number of ether oxygens (including phenoxy) is 1. The molecular weight excluding hydrogens is 815 g/mol. The van der Waals surface area contributed by atoms with E-state index in [1.165, 1.54) is 141 Å². The summed E-state index contributed by atoms with van der Waals surface area (Å²) in [5.74, 6) is 0.362. The van der Waals surface area contributed by atoms with Crippen LogP contribution < -0.4 is 5.32 Å². The second-order valence-corrected chi connectivity index (χ2v) is 20.3. The van der Waals surface area contributed by atoms with Crippen LogP contribution in [0.1, 0.15) is 259 Å². The second-order valence-electron chi connectivity index (χ2n) is 19.0. The number of thiophene rings is 1. The van der Waals surface area contributed by atoms with E-state index in [4.69, 9.17) is 4.74 Å². The summed E-state index contributed by atoms with van der Waals surface area (Å²) in [7, 11) is 3.98. The number of fused-ring (bicyclic) bond motifs is 1. The number of likely N-dealkylation sites (N-methyl/N-ethyl adjacent to an activating group) is 1. The average molecular weight is 914 g/mol. The van der Waals surface area contributed by atoms with Crippen LogP contribution in [0.25, 0.3) is 0 Å². The lowest BCUT2D eigenvalue weighted by molar-refractivity contribution is -0.150. The fourth-order valence-corrected chi connectivity index (χ4v) is 9.73. The zero-order chi connectivity index (χ0) is 47.0. The summed E-state index contributed by atoms with van der Waals surface area (Å²) >= 11 is 1.64. The van der Waals surface area contributed by atoms with Crippen LogP contribution >= 0.6 is 11.3 Å². The van der Waals surface area contributed by atoms with Gasteiger partial charge in [0.05, 0.1) is 12.1 Å². The predicted octanol–water partition coefficient (Wildman–Crippen LogP) is 14.8. The Labute approximate surface area is 398 Å². The first-order valence-electron chi connectivity index (χ1n) is 26.7. The van der Waals surface area contributed by atoms with Gasteiger partial charge in [-0.05, 0) is 111 Å². The predicted molar refractivity (Wildman–Crippen MR) is 274 cm³/mol. The lowest BCUT2D eigenvalue weighted by Gasteiger charge is -2.27. The number of hydrogen-bond acceptors (Lipinski definition) is 7. The third kappa shape index (κ3) is 31.4. The molecule has 8 nitrogen and oxygen atoms in total. The first kappa shape index (κ1) is 59.5. The van der Waals surface area contributed by atoms with Crippen molar-refractivity contribution in [1.82, 2.24) is 15.1 Å². The number of nitrogens with one attached hydrogen (secondary N) is 1. The molecule has 64 heavy (non-hydrogen) atoms. The molecule has 9 heteroatoms. The van der Waals surface area contributed by atoms with Crippen molar-refractivity contribution >= 4 is 34.9 Å². The van der Waals surface area contributed by atoms with E-state index in [9.17, 15) is 19.2 Å². The van der Waals surface area contributed by atoms with Gasteiger partial charge in [0, 0.05) is 48.7 Å². The average Bonchev–Trinajstić information content (AvgIpc) is 3.60. The fourth-order valence-electron chi connectivity index (χ4n) is 8.49. The summed E-state index contributed by atoms with van der Waals surface area (Å²) in [5, 5.41) is 3.04. The number of ketones is 1. The molecule has 0 radical (unpaired) electrons. The highest BCUT2D eigenvalue weighted by Gasteiger charge is 2.28. The molecule has 0 aliphatic carbocycles. The topological polar surface area (TPSA) is 96.0 Å². The summed E-state index contributed by atoms with van der Waals surface area (Å²) < 4.78 is 5.97. The Morgan fingerprint density at radius 2 is 1.16 bits per heavy atom. The van der Waals surface area contributed by atoms with Gasteiger partial charge in [-0.2, -0.15) is 0 Å². The number of esters is 1. The third-order valence-corrected chi connectivity index (χ3v) is 13.7. The Morgan fingerprint density at radius 3 is 1.69 bits per heavy atom. The van der Waals surface area contributed by atoms with Gasteiger partial charge in [-0.15, -0.1) is 11.3 Å². The molecule has 0 saturated heterocycles. The second kappa shape index (κ2) is 40.7. The molecule has 0 unspecified atom stereocenters. The summed E-state index contributed by atoms with van der Waals surface area (Å²) in [6, 6.07) is 0. The van der Waals surface area contributed by atoms with E-state index < -0.39 is 0 Å². The highest BCUT2D eigenvalue weighted by molar-refractivity contribution is 7.12. The molecule has 0 saturated carbocycles. The molecular formula is C55H99N3O5S. The maximum atomic E-state index is 13.0. The van der Waals surface area contributed by atoms with Gasteiger partial charge in [0.25, 0.3) is 5.91 Å². The smallest absolute Gasteiger partial charge is 0.306 e. The van der Waals surface area contributed by atoms with Crippen LogP contribution in [0.4, 0.5) is 0 Å². The van der Waals surface area contributed by atoms with Crippen LogP contribution in [0.15, 0.2) is 12.2 Å². The van der Waals surface area contributed by atoms with E-state index in [-0.39, 0.29) is 23.9 Å². The molecule has 0 fully saturated rings. The lowest BCUT2D eigenvalue weighted by Crippen LogP contribution is -2.36. The zero-order valence-electron chi connectivity index (χ0n) is 42.7. The van der Waals surface area contributed by atoms with Crippen molar-refractivity contribution in [1.29, 1.82) is 0 Å². The van der Waals surface area contributed by atoms with E-state index in [1.807, 2.05) is 30.8 Å². The summed E-state index contributed by atoms with van der Waals surface area (Å²) in [6.07, 6.45) is 42.5. The van der Waals surface area contributed by atoms with Crippen LogP contribution in [0.2, 0.25) is 0 Å². The summed E-state index contributed by atoms with van der Waals surface area (Å²) in [6.45, 7) is 13.1. The minimum Gasteiger partial charge on any atom is -0.462 e. The lowest BCUT2D eigenvalue weighted by atomic mass is 10.0. The molecule has 370 valence electrons. The fraction of sp³-hybridized carbons (Fsp3) is 0.818. The highest BCUT2D eigenvalue weighted by atomic mass is 32.1. The number of carbonyl (C=O) groups excluding carboxylic acids is 4. The van der Waals surface area contributed by atoms with Crippen LogP contribution in [-0.4, -0.2) is 73.2 Å². The number of Topliss-reactive ketones (excluding diaryl/α,β-unsaturated/α-hetero) is 1. The van der Waals surface area contributed by atoms with Crippen molar-refractivity contribution in [2.24, 2.45) is 0 Å². The van der Waals surface area contributed by atoms with Gasteiger partial charge in [-0.1, -0.05) is 148 Å². The van der Waals surface area contributed by atoms with Crippen LogP contribution in [0, 0.1) is 6.92 Å². The molecule has 1 aromatic rings. The molecule has 2 amide bonds. The van der Waals surface area contributed by atoms with E-state index in [2.05, 4.69) is 38.2 Å². The molecule has 0 atom stereocenters. The standard InChI is InChI=1S/C36H63N3O4S.C19H36O/c1-6-8-10-12-14-16-20-30(21-17-15-13-11-9-7-2)43-34(41)23-19-18-22-33(40)39-26-24-31-32(28-39)44-29(3)35(31)36(42)37-25-27-38(4)5;1-3-4-5-6-7-8-9-10-11-12-13-14-15-16-17-18-19(2)20/h30H,6-28H2,1-5H3,(H,37,42);10-11H,3-9,12-18H2,1-2H3/b;11-10-. The quantitative estimate of drug-likeness (QED) is 0.0401. The monoisotopic (exact) mass is 914 g/mol. The van der Waals surface area contributed by atoms with E-state index in [0.717, 1.165) is 66.0 Å². The Bertz CT molecular complexity index is 1360. The maximum absolute atomic E-state index is 13.0. The van der Waals surface area contributed by atoms with Crippen LogP contribution in [0.3, 0.4) is 0 Å². The van der Waals surface area contributed by atoms with Gasteiger partial charge < -0.3 is 24.6 Å². The van der Waals surface area contributed by atoms with Crippen molar-refractivity contribution in [2.45, 2.75) is 259 Å². The van der Waals surface area contributed by atoms with Gasteiger partial charge in [0.1, 0.15) is 11.9 Å². The Kier molecular flexibility index (Phi) is 37.9. The number of aryl methyl sites for hydroxylation is 1. The number of amides is 2. The zero-order valence-corrected chi connectivity index (χ0v) is 43.6. The molecule has 2 heterocycles. The summed E-state index contributed by atoms with van der Waals surface area (Å²) in [4.78, 5) is 55.5. The molecule has 0 aromatic carbocycles. The van der Waals surface area contributed by atoms with Crippen molar-refractivity contribution in [2.75, 3.05) is 33.7 Å². The first-order chi connectivity index (χ1) is 31.0. The van der Waals surface area contributed by atoms with Crippen molar-refractivity contribution in [3.05, 3.63) is 33.0 Å². The minimum absolute atomic E-state index is 0.00491. The molecule has 2 rings (SSSR count). The van der Waals surface area contributed by atoms with Crippen molar-refractivity contribution < 1.29 is 23.9 Å². The molecule has 1 aliphatic rings. The van der Waals surface area contributed by atoms with E-state index in [0.29, 0.717) is 57.5 Å². The first-order valence-corrected chi connectivity index (χ1v) is 27.5. The number of carbonyl (C=O) groups is 4. The molecule has 1 aliphatic heterocycles. The van der Waals surface area contributed by atoms with Crippen LogP contribution in [-0.2, 0) is 32.1 Å². The number of rotatable bonds is 39. The number of allylic oxidation sites excluding steroid dienone is 2. The molecule has 0 spiro atoms. The van der Waals surface area contributed by atoms with Gasteiger partial charge in [0.15, 0.2) is 0 Å². The largest absolute Gasteiger partial charge is 0.462 e. The number of hydrogen-bond donors (Lipinski definition) is 1. The molecule has 1 N–H and O–H groups in total. The van der Waals surface area contributed by atoms with Crippen molar-refractivity contribution in [3.63, 3.8) is 0 Å². The minimum atomic E-state index is -0.104. The van der Waals surface area contributed by atoms with Crippen LogP contribution in [0.5, 0.6) is 0 Å². The Morgan fingerprint density at radius 1 is 0.672 bits per heavy atom. The van der Waals surface area contributed by atoms with Gasteiger partial charge in [0.2, 0.25) is 5.91 Å². The third-order valence-electron chi connectivity index (χ3n) is 12.5. The maximum Gasteiger partial charge on any atom is 0.306 e. The number of unbranched alkanes of at least 4 members (excludes halogenated alkanes) is 22. The Hall–Kier alpha value is -2.52. The van der Waals surface area contributed by atoms with Crippen molar-refractivity contribution in [3.8, 4) is 0 Å². The molecule has 1 aromatic heterocycles. The highest BCUT2D eigenvalue weighted by Crippen LogP contribution is 2.33. The normalized spacial score (nSPS) is 12.5. The van der Waals surface area contributed by atoms with Gasteiger partial charge in [-0.3, -0.25) is 14.4 Å². The SMILES string of the molecule is CCCCCCCC/C=C\CCCCCCCC(C)=O.CCCCCCCCC(CCCCCCCC)OC(=O)CCCCC(=O)N1CCc2c(sc(C)c2C(=O)NCCN(C)C)C1. The number of nitrogens with zero attached hydrogens (tertiary/aromatic N) is 2. The van der Waals surface area contributed by atoms with Gasteiger partial charge >= 0.3 is 5.97 Å². The van der Waals surface area contributed by atoms with E-state index >= 15 is 0 Å². The summed E-state index contributed by atoms with van der Waals surface area (Å²) in [5.41, 5.74) is 1.92.